The van der Waals surface area contributed by atoms with Gasteiger partial charge in [-0.05, 0) is 154 Å². The van der Waals surface area contributed by atoms with Crippen LogP contribution in [0.2, 0.25) is 0 Å². The maximum atomic E-state index is 6.49. The summed E-state index contributed by atoms with van der Waals surface area (Å²) in [5.74, 6) is 0. The van der Waals surface area contributed by atoms with Crippen LogP contribution in [0.25, 0.3) is 133 Å². The molecule has 3 heterocycles. The Bertz CT molecular complexity index is 5000. The minimum absolute atomic E-state index is 0.895. The standard InChI is InChI=1S/C79H55N3O/c1-3-15-62(16-4-2)82-74-24-11-8-19-68(74)70-49-41-61(52-77(70)82)58-33-29-54(30-34-58)56-37-45-65(46-38-56)80(66-47-39-59(40-48-66)67-22-14-23-72-71-21-10-13-26-78(71)83-79(67)72)64-43-35-55(36-44-64)53-27-31-57(32-28-53)60-42-50-76-73(51-60)69-20-9-12-25-75(69)81(76)63-17-6-5-7-18-63/h3-52H,1H2,2H3/b16-4-,62-15+. The molecule has 0 aliphatic carbocycles. The Kier molecular flexibility index (Phi) is 12.2. The summed E-state index contributed by atoms with van der Waals surface area (Å²) in [6.07, 6.45) is 8.16. The van der Waals surface area contributed by atoms with E-state index in [1.165, 1.54) is 54.8 Å². The molecule has 4 nitrogen and oxygen atoms in total. The van der Waals surface area contributed by atoms with Crippen molar-refractivity contribution in [3.8, 4) is 61.3 Å². The van der Waals surface area contributed by atoms with E-state index < -0.39 is 0 Å². The summed E-state index contributed by atoms with van der Waals surface area (Å²) in [6.45, 7) is 6.08. The summed E-state index contributed by atoms with van der Waals surface area (Å²) >= 11 is 0. The number of aromatic nitrogens is 2. The average Bonchev–Trinajstić information content (AvgIpc) is 4.08. The van der Waals surface area contributed by atoms with E-state index in [0.717, 1.165) is 94.8 Å². The number of nitrogens with zero attached hydrogens (tertiary/aromatic N) is 3. The number of para-hydroxylation sites is 5. The fourth-order valence-corrected chi connectivity index (χ4v) is 12.5. The van der Waals surface area contributed by atoms with Gasteiger partial charge in [-0.1, -0.05) is 213 Å². The molecule has 392 valence electrons. The number of fused-ring (bicyclic) bond motifs is 9. The van der Waals surface area contributed by atoms with E-state index in [1.54, 1.807) is 0 Å². The maximum absolute atomic E-state index is 6.49. The molecule has 0 aliphatic rings. The van der Waals surface area contributed by atoms with Crippen LogP contribution in [0.1, 0.15) is 6.92 Å². The second kappa shape index (κ2) is 20.6. The molecule has 0 fully saturated rings. The first-order valence-electron chi connectivity index (χ1n) is 28.4. The van der Waals surface area contributed by atoms with Gasteiger partial charge in [-0.3, -0.25) is 0 Å². The highest BCUT2D eigenvalue weighted by Crippen LogP contribution is 2.42. The minimum atomic E-state index is 0.895. The molecule has 15 aromatic rings. The van der Waals surface area contributed by atoms with Crippen LogP contribution in [-0.4, -0.2) is 9.13 Å². The number of allylic oxidation sites excluding steroid dienone is 5. The van der Waals surface area contributed by atoms with E-state index in [-0.39, 0.29) is 0 Å². The quantitative estimate of drug-likeness (QED) is 0.114. The van der Waals surface area contributed by atoms with Crippen LogP contribution >= 0.6 is 0 Å². The third kappa shape index (κ3) is 8.64. The van der Waals surface area contributed by atoms with Crippen molar-refractivity contribution in [3.63, 3.8) is 0 Å². The van der Waals surface area contributed by atoms with E-state index in [2.05, 4.69) is 313 Å². The number of furan rings is 1. The lowest BCUT2D eigenvalue weighted by Crippen LogP contribution is -2.09. The van der Waals surface area contributed by atoms with Gasteiger partial charge in [-0.25, -0.2) is 0 Å². The highest BCUT2D eigenvalue weighted by molar-refractivity contribution is 6.13. The second-order valence-corrected chi connectivity index (χ2v) is 21.2. The normalized spacial score (nSPS) is 12.0. The van der Waals surface area contributed by atoms with E-state index in [9.17, 15) is 0 Å². The summed E-state index contributed by atoms with van der Waals surface area (Å²) in [5.41, 5.74) is 23.4. The number of benzene rings is 12. The summed E-state index contributed by atoms with van der Waals surface area (Å²) in [6, 6.07) is 101. The zero-order valence-electron chi connectivity index (χ0n) is 45.8. The van der Waals surface area contributed by atoms with Crippen LogP contribution in [0.4, 0.5) is 17.1 Å². The first-order chi connectivity index (χ1) is 41.1. The Labute approximate surface area is 482 Å². The van der Waals surface area contributed by atoms with Gasteiger partial charge in [0.25, 0.3) is 0 Å². The molecule has 0 spiro atoms. The van der Waals surface area contributed by atoms with Crippen molar-refractivity contribution in [2.24, 2.45) is 0 Å². The molecule has 83 heavy (non-hydrogen) atoms. The molecule has 0 amide bonds. The maximum Gasteiger partial charge on any atom is 0.143 e. The van der Waals surface area contributed by atoms with E-state index in [4.69, 9.17) is 4.42 Å². The number of hydrogen-bond acceptors (Lipinski definition) is 2. The van der Waals surface area contributed by atoms with Crippen molar-refractivity contribution >= 4 is 88.3 Å². The Hall–Kier alpha value is -10.9. The van der Waals surface area contributed by atoms with E-state index in [0.29, 0.717) is 0 Å². The van der Waals surface area contributed by atoms with Crippen molar-refractivity contribution in [2.75, 3.05) is 4.90 Å². The highest BCUT2D eigenvalue weighted by Gasteiger charge is 2.19. The van der Waals surface area contributed by atoms with Gasteiger partial charge in [0.1, 0.15) is 11.2 Å². The molecule has 12 aromatic carbocycles. The van der Waals surface area contributed by atoms with Crippen molar-refractivity contribution in [1.82, 2.24) is 9.13 Å². The van der Waals surface area contributed by atoms with Gasteiger partial charge < -0.3 is 18.5 Å². The summed E-state index contributed by atoms with van der Waals surface area (Å²) in [5, 5.41) is 7.20. The van der Waals surface area contributed by atoms with Gasteiger partial charge in [0.05, 0.1) is 22.1 Å². The molecule has 0 bridgehead atoms. The molecule has 3 aromatic heterocycles. The Morgan fingerprint density at radius 3 is 1.45 bits per heavy atom. The van der Waals surface area contributed by atoms with Crippen LogP contribution in [0, 0.1) is 0 Å². The largest absolute Gasteiger partial charge is 0.455 e. The van der Waals surface area contributed by atoms with E-state index in [1.807, 2.05) is 18.2 Å². The Balaban J connectivity index is 0.744. The number of rotatable bonds is 12. The molecule has 0 saturated heterocycles. The highest BCUT2D eigenvalue weighted by atomic mass is 16.3. The Morgan fingerprint density at radius 2 is 0.831 bits per heavy atom. The molecule has 0 saturated carbocycles. The summed E-state index contributed by atoms with van der Waals surface area (Å²) < 4.78 is 11.2. The lowest BCUT2D eigenvalue weighted by molar-refractivity contribution is 0.670. The van der Waals surface area contributed by atoms with Gasteiger partial charge >= 0.3 is 0 Å². The minimum Gasteiger partial charge on any atom is -0.455 e. The smallest absolute Gasteiger partial charge is 0.143 e. The fourth-order valence-electron chi connectivity index (χ4n) is 12.5. The molecule has 0 aliphatic heterocycles. The molecule has 0 N–H and O–H groups in total. The fraction of sp³-hybridized carbons (Fsp3) is 0.0127. The molecule has 15 rings (SSSR count). The number of hydrogen-bond donors (Lipinski definition) is 0. The van der Waals surface area contributed by atoms with Crippen LogP contribution in [0.5, 0.6) is 0 Å². The predicted octanol–water partition coefficient (Wildman–Crippen LogP) is 22.2. The predicted molar refractivity (Wildman–Crippen MR) is 352 cm³/mol. The SMILES string of the molecule is C=C/C=C(\C=C/C)n1c2ccccc2c2ccc(-c3ccc(-c4ccc(N(c5ccc(-c6ccc(-c7ccc8c(c7)c7ccccc7n8-c7ccccc7)cc6)cc5)c5ccc(-c6cccc7c6oc6ccccc67)cc5)cc4)cc3)cc21. The van der Waals surface area contributed by atoms with Crippen LogP contribution < -0.4 is 4.90 Å². The third-order valence-corrected chi connectivity index (χ3v) is 16.4. The summed E-state index contributed by atoms with van der Waals surface area (Å²) in [7, 11) is 0. The van der Waals surface area contributed by atoms with Gasteiger partial charge in [0, 0.05) is 66.3 Å². The molecule has 0 unspecified atom stereocenters. The lowest BCUT2D eigenvalue weighted by atomic mass is 9.98. The zero-order valence-corrected chi connectivity index (χ0v) is 45.8. The van der Waals surface area contributed by atoms with Gasteiger partial charge in [-0.15, -0.1) is 0 Å². The van der Waals surface area contributed by atoms with Gasteiger partial charge in [-0.2, -0.15) is 0 Å². The van der Waals surface area contributed by atoms with Crippen molar-refractivity contribution in [1.29, 1.82) is 0 Å². The molecule has 4 heteroatoms. The Morgan fingerprint density at radius 1 is 0.373 bits per heavy atom. The molecular formula is C79H55N3O. The third-order valence-electron chi connectivity index (χ3n) is 16.4. The van der Waals surface area contributed by atoms with E-state index >= 15 is 0 Å². The lowest BCUT2D eigenvalue weighted by Gasteiger charge is -2.26. The van der Waals surface area contributed by atoms with Gasteiger partial charge in [0.15, 0.2) is 0 Å². The van der Waals surface area contributed by atoms with Crippen LogP contribution in [0.15, 0.2) is 314 Å². The molecule has 0 atom stereocenters. The second-order valence-electron chi connectivity index (χ2n) is 21.2. The monoisotopic (exact) mass is 1060 g/mol. The van der Waals surface area contributed by atoms with Crippen molar-refractivity contribution < 1.29 is 4.42 Å². The van der Waals surface area contributed by atoms with Crippen LogP contribution in [-0.2, 0) is 0 Å². The first-order valence-corrected chi connectivity index (χ1v) is 28.4. The first kappa shape index (κ1) is 49.1. The molecular weight excluding hydrogens is 1010 g/mol. The zero-order chi connectivity index (χ0) is 55.4. The van der Waals surface area contributed by atoms with Gasteiger partial charge in [0.2, 0.25) is 0 Å². The average molecular weight is 1060 g/mol. The van der Waals surface area contributed by atoms with Crippen molar-refractivity contribution in [2.45, 2.75) is 6.92 Å². The van der Waals surface area contributed by atoms with Crippen molar-refractivity contribution in [3.05, 3.63) is 310 Å². The topological polar surface area (TPSA) is 26.2 Å². The molecule has 0 radical (unpaired) electrons. The van der Waals surface area contributed by atoms with Crippen LogP contribution in [0.3, 0.4) is 0 Å². The summed E-state index contributed by atoms with van der Waals surface area (Å²) in [4.78, 5) is 2.34. The number of anilines is 3.